The molecule has 1 saturated heterocycles. The third-order valence-electron chi connectivity index (χ3n) is 3.63. The molecule has 0 aromatic heterocycles. The van der Waals surface area contributed by atoms with E-state index in [1.807, 2.05) is 6.92 Å². The Balaban J connectivity index is 2.18. The number of hydrogen-bond donors (Lipinski definition) is 2. The Morgan fingerprint density at radius 1 is 1.46 bits per heavy atom. The van der Waals surface area contributed by atoms with Gasteiger partial charge in [0.2, 0.25) is 10.0 Å². The van der Waals surface area contributed by atoms with Gasteiger partial charge in [-0.15, -0.1) is 0 Å². The van der Waals surface area contributed by atoms with Crippen molar-refractivity contribution < 1.29 is 32.5 Å². The number of ether oxygens (including phenoxy) is 3. The maximum Gasteiger partial charge on any atom is 0.329 e. The Bertz CT molecular complexity index is 689. The number of nitrogens with one attached hydrogen (secondary N) is 1. The summed E-state index contributed by atoms with van der Waals surface area (Å²) < 4.78 is 43.6. The standard InChI is InChI=1S/C15H21NO7S/c1-10-3-4-14(13(7-10)21-2)24(19,20)16-11-8-22-6-5-12(11)23-9-15(17)18/h3-4,7,11-12,16H,5-6,8-9H2,1-2H3,(H,17,18)/t11-,12+/m1/s1. The van der Waals surface area contributed by atoms with Crippen LogP contribution in [-0.2, 0) is 24.3 Å². The SMILES string of the molecule is COc1cc(C)ccc1S(=O)(=O)N[C@@H]1COCC[C@@H]1OCC(=O)O. The van der Waals surface area contributed by atoms with Crippen molar-refractivity contribution in [3.63, 3.8) is 0 Å². The van der Waals surface area contributed by atoms with Gasteiger partial charge in [-0.05, 0) is 31.0 Å². The Hall–Kier alpha value is -1.68. The van der Waals surface area contributed by atoms with E-state index in [0.717, 1.165) is 5.56 Å². The zero-order valence-corrected chi connectivity index (χ0v) is 14.3. The van der Waals surface area contributed by atoms with Gasteiger partial charge in [-0.1, -0.05) is 6.07 Å². The number of sulfonamides is 1. The van der Waals surface area contributed by atoms with Crippen LogP contribution < -0.4 is 9.46 Å². The highest BCUT2D eigenvalue weighted by Crippen LogP contribution is 2.25. The van der Waals surface area contributed by atoms with E-state index in [-0.39, 0.29) is 17.3 Å². The molecule has 1 aromatic rings. The van der Waals surface area contributed by atoms with Crippen LogP contribution in [-0.4, -0.2) is 58.6 Å². The molecule has 2 atom stereocenters. The van der Waals surface area contributed by atoms with Crippen molar-refractivity contribution in [1.82, 2.24) is 4.72 Å². The average Bonchev–Trinajstić information content (AvgIpc) is 2.53. The maximum absolute atomic E-state index is 12.7. The van der Waals surface area contributed by atoms with Gasteiger partial charge in [-0.3, -0.25) is 0 Å². The van der Waals surface area contributed by atoms with Crippen LogP contribution >= 0.6 is 0 Å². The number of carboxylic acids is 1. The number of rotatable bonds is 7. The summed E-state index contributed by atoms with van der Waals surface area (Å²) in [6.45, 7) is 1.84. The molecule has 8 nitrogen and oxygen atoms in total. The topological polar surface area (TPSA) is 111 Å². The van der Waals surface area contributed by atoms with Gasteiger partial charge in [0, 0.05) is 6.61 Å². The van der Waals surface area contributed by atoms with E-state index in [2.05, 4.69) is 4.72 Å². The number of benzene rings is 1. The lowest BCUT2D eigenvalue weighted by atomic mass is 10.1. The fourth-order valence-electron chi connectivity index (χ4n) is 2.47. The molecule has 1 fully saturated rings. The van der Waals surface area contributed by atoms with Crippen molar-refractivity contribution in [3.05, 3.63) is 23.8 Å². The van der Waals surface area contributed by atoms with Crippen molar-refractivity contribution >= 4 is 16.0 Å². The number of aryl methyl sites for hydroxylation is 1. The van der Waals surface area contributed by atoms with E-state index in [4.69, 9.17) is 19.3 Å². The Kier molecular flexibility index (Phi) is 6.16. The van der Waals surface area contributed by atoms with E-state index in [1.54, 1.807) is 12.1 Å². The number of carbonyl (C=O) groups is 1. The summed E-state index contributed by atoms with van der Waals surface area (Å²) in [5.74, 6) is -0.870. The molecule has 0 radical (unpaired) electrons. The zero-order chi connectivity index (χ0) is 17.7. The summed E-state index contributed by atoms with van der Waals surface area (Å²) in [6, 6.07) is 4.10. The fourth-order valence-corrected chi connectivity index (χ4v) is 3.87. The maximum atomic E-state index is 12.7. The molecule has 0 unspecified atom stereocenters. The number of carboxylic acid groups (broad SMARTS) is 1. The van der Waals surface area contributed by atoms with Crippen molar-refractivity contribution in [2.75, 3.05) is 26.9 Å². The lowest BCUT2D eigenvalue weighted by molar-refractivity contribution is -0.147. The van der Waals surface area contributed by atoms with Crippen molar-refractivity contribution in [3.8, 4) is 5.75 Å². The average molecular weight is 359 g/mol. The molecule has 1 aliphatic rings. The molecule has 0 aliphatic carbocycles. The predicted molar refractivity (Wildman–Crippen MR) is 84.7 cm³/mol. The third-order valence-corrected chi connectivity index (χ3v) is 5.16. The van der Waals surface area contributed by atoms with Gasteiger partial charge in [0.1, 0.15) is 17.3 Å². The molecule has 0 spiro atoms. The van der Waals surface area contributed by atoms with Gasteiger partial charge in [0.15, 0.2) is 0 Å². The van der Waals surface area contributed by atoms with E-state index >= 15 is 0 Å². The van der Waals surface area contributed by atoms with Crippen LogP contribution in [0.25, 0.3) is 0 Å². The normalized spacial score (nSPS) is 21.4. The summed E-state index contributed by atoms with van der Waals surface area (Å²) in [6.07, 6.45) is -0.160. The lowest BCUT2D eigenvalue weighted by Crippen LogP contribution is -2.50. The first kappa shape index (κ1) is 18.7. The summed E-state index contributed by atoms with van der Waals surface area (Å²) in [5.41, 5.74) is 0.870. The first-order chi connectivity index (χ1) is 11.3. The van der Waals surface area contributed by atoms with Gasteiger partial charge in [0.05, 0.1) is 25.9 Å². The molecular formula is C15H21NO7S. The Morgan fingerprint density at radius 3 is 2.88 bits per heavy atom. The van der Waals surface area contributed by atoms with Crippen LogP contribution in [0.15, 0.2) is 23.1 Å². The van der Waals surface area contributed by atoms with Crippen LogP contribution in [0.4, 0.5) is 0 Å². The third kappa shape index (κ3) is 4.67. The second kappa shape index (κ2) is 7.93. The van der Waals surface area contributed by atoms with Crippen LogP contribution in [0.1, 0.15) is 12.0 Å². The van der Waals surface area contributed by atoms with Crippen molar-refractivity contribution in [2.45, 2.75) is 30.4 Å². The smallest absolute Gasteiger partial charge is 0.329 e. The monoisotopic (exact) mass is 359 g/mol. The first-order valence-corrected chi connectivity index (χ1v) is 8.90. The van der Waals surface area contributed by atoms with Crippen LogP contribution in [0.3, 0.4) is 0 Å². The molecule has 24 heavy (non-hydrogen) atoms. The Morgan fingerprint density at radius 2 is 2.21 bits per heavy atom. The van der Waals surface area contributed by atoms with Crippen LogP contribution in [0.2, 0.25) is 0 Å². The molecule has 1 aromatic carbocycles. The number of hydrogen-bond acceptors (Lipinski definition) is 6. The molecule has 134 valence electrons. The van der Waals surface area contributed by atoms with E-state index in [1.165, 1.54) is 13.2 Å². The largest absolute Gasteiger partial charge is 0.495 e. The summed E-state index contributed by atoms with van der Waals surface area (Å²) in [4.78, 5) is 10.7. The minimum absolute atomic E-state index is 0.0122. The summed E-state index contributed by atoms with van der Waals surface area (Å²) >= 11 is 0. The van der Waals surface area contributed by atoms with Gasteiger partial charge in [0.25, 0.3) is 0 Å². The van der Waals surface area contributed by atoms with Gasteiger partial charge >= 0.3 is 5.97 Å². The van der Waals surface area contributed by atoms with E-state index in [0.29, 0.717) is 13.0 Å². The van der Waals surface area contributed by atoms with Crippen LogP contribution in [0, 0.1) is 6.92 Å². The summed E-state index contributed by atoms with van der Waals surface area (Å²) in [7, 11) is -2.47. The molecular weight excluding hydrogens is 338 g/mol. The second-order valence-electron chi connectivity index (χ2n) is 5.49. The lowest BCUT2D eigenvalue weighted by Gasteiger charge is -2.31. The molecule has 1 aliphatic heterocycles. The highest BCUT2D eigenvalue weighted by Gasteiger charge is 2.32. The minimum atomic E-state index is -3.87. The molecule has 9 heteroatoms. The van der Waals surface area contributed by atoms with Gasteiger partial charge in [-0.2, -0.15) is 0 Å². The quantitative estimate of drug-likeness (QED) is 0.731. The van der Waals surface area contributed by atoms with Gasteiger partial charge < -0.3 is 19.3 Å². The highest BCUT2D eigenvalue weighted by atomic mass is 32.2. The van der Waals surface area contributed by atoms with Crippen molar-refractivity contribution in [1.29, 1.82) is 0 Å². The van der Waals surface area contributed by atoms with Gasteiger partial charge in [-0.25, -0.2) is 17.9 Å². The molecule has 0 bridgehead atoms. The predicted octanol–water partition coefficient (Wildman–Crippen LogP) is 0.541. The second-order valence-corrected chi connectivity index (χ2v) is 7.17. The molecule has 2 rings (SSSR count). The van der Waals surface area contributed by atoms with Crippen molar-refractivity contribution in [2.24, 2.45) is 0 Å². The minimum Gasteiger partial charge on any atom is -0.495 e. The molecule has 0 amide bonds. The summed E-state index contributed by atoms with van der Waals surface area (Å²) in [5, 5.41) is 8.72. The van der Waals surface area contributed by atoms with Crippen LogP contribution in [0.5, 0.6) is 5.75 Å². The van der Waals surface area contributed by atoms with E-state index < -0.39 is 34.7 Å². The number of methoxy groups -OCH3 is 1. The zero-order valence-electron chi connectivity index (χ0n) is 13.5. The molecule has 2 N–H and O–H groups in total. The fraction of sp³-hybridized carbons (Fsp3) is 0.533. The molecule has 1 heterocycles. The number of aliphatic carboxylic acids is 1. The van der Waals surface area contributed by atoms with E-state index in [9.17, 15) is 13.2 Å². The first-order valence-electron chi connectivity index (χ1n) is 7.41. The Labute approximate surface area is 140 Å². The molecule has 0 saturated carbocycles. The highest BCUT2D eigenvalue weighted by molar-refractivity contribution is 7.89.